The number of rotatable bonds is 6. The van der Waals surface area contributed by atoms with Crippen molar-refractivity contribution in [2.24, 2.45) is 4.99 Å². The molecule has 1 aromatic rings. The van der Waals surface area contributed by atoms with Crippen LogP contribution >= 0.6 is 35.3 Å². The number of aliphatic imine (C=N–C) groups is 1. The van der Waals surface area contributed by atoms with Gasteiger partial charge in [-0.15, -0.1) is 11.3 Å². The lowest BCUT2D eigenvalue weighted by molar-refractivity contribution is 0.0528. The van der Waals surface area contributed by atoms with Gasteiger partial charge in [0.05, 0.1) is 23.4 Å². The maximum absolute atomic E-state index is 12.2. The Morgan fingerprint density at radius 2 is 2.16 bits per heavy atom. The summed E-state index contributed by atoms with van der Waals surface area (Å²) in [7, 11) is 3.70. The van der Waals surface area contributed by atoms with E-state index in [9.17, 15) is 9.59 Å². The summed E-state index contributed by atoms with van der Waals surface area (Å²) in [4.78, 5) is 33.8. The molecule has 0 N–H and O–H groups in total. The number of carbonyl (C=O) groups excluding carboxylic acids is 2. The maximum atomic E-state index is 12.2. The third-order valence-corrected chi connectivity index (χ3v) is 5.58. The Morgan fingerprint density at radius 1 is 1.44 bits per heavy atom. The summed E-state index contributed by atoms with van der Waals surface area (Å²) in [5.74, 6) is -0.415. The van der Waals surface area contributed by atoms with Crippen molar-refractivity contribution in [1.29, 1.82) is 0 Å². The van der Waals surface area contributed by atoms with Gasteiger partial charge in [0.2, 0.25) is 0 Å². The second-order valence-corrected chi connectivity index (χ2v) is 7.66. The molecule has 0 spiro atoms. The van der Waals surface area contributed by atoms with Crippen LogP contribution in [0, 0.1) is 0 Å². The highest BCUT2D eigenvalue weighted by molar-refractivity contribution is 8.19. The molecule has 0 bridgehead atoms. The number of carbonyl (C=O) groups is 2. The topological polar surface area (TPSA) is 62.2 Å². The zero-order chi connectivity index (χ0) is 18.6. The average Bonchev–Trinajstić information content (AvgIpc) is 3.07. The second kappa shape index (κ2) is 8.59. The minimum Gasteiger partial charge on any atom is -0.462 e. The first kappa shape index (κ1) is 19.6. The standard InChI is InChI=1S/C16H19N3O3S3/c1-5-19-14(23)12(25-16(19)21)8-10-7-11(15(20)22-6-2)13(24-10)17-9-18(3)4/h7-9H,5-6H2,1-4H3. The van der Waals surface area contributed by atoms with E-state index in [1.807, 2.05) is 27.1 Å². The van der Waals surface area contributed by atoms with Crippen LogP contribution < -0.4 is 0 Å². The number of hydrogen-bond acceptors (Lipinski definition) is 7. The molecule has 0 radical (unpaired) electrons. The molecule has 0 aliphatic carbocycles. The number of hydrogen-bond donors (Lipinski definition) is 0. The Bertz CT molecular complexity index is 753. The molecule has 0 saturated carbocycles. The fourth-order valence-electron chi connectivity index (χ4n) is 1.99. The Hall–Kier alpha value is -1.71. The van der Waals surface area contributed by atoms with Crippen molar-refractivity contribution >= 4 is 68.9 Å². The van der Waals surface area contributed by atoms with Crippen molar-refractivity contribution in [2.75, 3.05) is 27.2 Å². The predicted molar refractivity (Wildman–Crippen MR) is 108 cm³/mol. The highest BCUT2D eigenvalue weighted by atomic mass is 32.2. The lowest BCUT2D eigenvalue weighted by Gasteiger charge is -2.09. The Kier molecular flexibility index (Phi) is 6.74. The summed E-state index contributed by atoms with van der Waals surface area (Å²) in [6.07, 6.45) is 3.45. The number of amides is 1. The molecule has 2 rings (SSSR count). The Labute approximate surface area is 160 Å². The van der Waals surface area contributed by atoms with Crippen LogP contribution in [0.4, 0.5) is 9.80 Å². The molecule has 1 aliphatic rings. The fraction of sp³-hybridized carbons (Fsp3) is 0.375. The van der Waals surface area contributed by atoms with Gasteiger partial charge in [-0.05, 0) is 37.8 Å². The molecule has 0 atom stereocenters. The van der Waals surface area contributed by atoms with Crippen LogP contribution in [0.15, 0.2) is 16.0 Å². The van der Waals surface area contributed by atoms with Crippen LogP contribution in [0.5, 0.6) is 0 Å². The summed E-state index contributed by atoms with van der Waals surface area (Å²) in [5.41, 5.74) is 0.407. The molecule has 134 valence electrons. The first-order valence-electron chi connectivity index (χ1n) is 7.64. The van der Waals surface area contributed by atoms with Crippen molar-refractivity contribution < 1.29 is 14.3 Å². The fourth-order valence-corrected chi connectivity index (χ4v) is 4.35. The van der Waals surface area contributed by atoms with Crippen LogP contribution in [0.25, 0.3) is 6.08 Å². The van der Waals surface area contributed by atoms with E-state index in [4.69, 9.17) is 17.0 Å². The number of nitrogens with zero attached hydrogens (tertiary/aromatic N) is 3. The molecule has 1 aliphatic heterocycles. The quantitative estimate of drug-likeness (QED) is 0.238. The van der Waals surface area contributed by atoms with Gasteiger partial charge >= 0.3 is 5.97 Å². The molecule has 9 heteroatoms. The first-order chi connectivity index (χ1) is 11.9. The van der Waals surface area contributed by atoms with Gasteiger partial charge in [0, 0.05) is 25.5 Å². The van der Waals surface area contributed by atoms with E-state index in [0.717, 1.165) is 16.6 Å². The van der Waals surface area contributed by atoms with Crippen molar-refractivity contribution in [3.05, 3.63) is 21.4 Å². The van der Waals surface area contributed by atoms with E-state index in [1.54, 1.807) is 29.1 Å². The van der Waals surface area contributed by atoms with Gasteiger partial charge in [-0.25, -0.2) is 9.79 Å². The van der Waals surface area contributed by atoms with Crippen molar-refractivity contribution in [2.45, 2.75) is 13.8 Å². The number of thiophene rings is 1. The summed E-state index contributed by atoms with van der Waals surface area (Å²) in [6, 6.07) is 1.72. The first-order valence-corrected chi connectivity index (χ1v) is 9.68. The van der Waals surface area contributed by atoms with Gasteiger partial charge in [-0.3, -0.25) is 9.69 Å². The van der Waals surface area contributed by atoms with Crippen LogP contribution in [0.3, 0.4) is 0 Å². The van der Waals surface area contributed by atoms with Crippen molar-refractivity contribution in [3.63, 3.8) is 0 Å². The summed E-state index contributed by atoms with van der Waals surface area (Å²) < 4.78 is 5.10. The molecule has 6 nitrogen and oxygen atoms in total. The molecule has 1 aromatic heterocycles. The largest absolute Gasteiger partial charge is 0.462 e. The molecule has 1 fully saturated rings. The normalized spacial score (nSPS) is 16.3. The third-order valence-electron chi connectivity index (χ3n) is 3.10. The monoisotopic (exact) mass is 397 g/mol. The molecule has 1 amide bonds. The molecular weight excluding hydrogens is 378 g/mol. The van der Waals surface area contributed by atoms with Crippen molar-refractivity contribution in [1.82, 2.24) is 9.80 Å². The number of thiocarbonyl (C=S) groups is 1. The SMILES string of the molecule is CCOC(=O)c1cc(C=C2SC(=O)N(CC)C2=S)sc1N=CN(C)C. The Balaban J connectivity index is 2.37. The number of ether oxygens (including phenoxy) is 1. The summed E-state index contributed by atoms with van der Waals surface area (Å²) in [5, 5.41) is 0.485. The zero-order valence-corrected chi connectivity index (χ0v) is 16.9. The second-order valence-electron chi connectivity index (χ2n) is 5.22. The van der Waals surface area contributed by atoms with E-state index in [-0.39, 0.29) is 5.24 Å². The smallest absolute Gasteiger partial charge is 0.341 e. The zero-order valence-electron chi connectivity index (χ0n) is 14.4. The van der Waals surface area contributed by atoms with Gasteiger partial charge in [-0.1, -0.05) is 12.2 Å². The summed E-state index contributed by atoms with van der Waals surface area (Å²) in [6.45, 7) is 4.47. The average molecular weight is 398 g/mol. The third kappa shape index (κ3) is 4.68. The van der Waals surface area contributed by atoms with Gasteiger partial charge in [0.25, 0.3) is 5.24 Å². The lowest BCUT2D eigenvalue weighted by Crippen LogP contribution is -2.26. The number of esters is 1. The number of thioether (sulfide) groups is 1. The van der Waals surface area contributed by atoms with Gasteiger partial charge in [-0.2, -0.15) is 0 Å². The van der Waals surface area contributed by atoms with Gasteiger partial charge in [0.15, 0.2) is 0 Å². The van der Waals surface area contributed by atoms with E-state index >= 15 is 0 Å². The summed E-state index contributed by atoms with van der Waals surface area (Å²) >= 11 is 7.80. The highest BCUT2D eigenvalue weighted by Crippen LogP contribution is 2.37. The van der Waals surface area contributed by atoms with Crippen LogP contribution in [0.2, 0.25) is 0 Å². The molecule has 0 aromatic carbocycles. The van der Waals surface area contributed by atoms with Gasteiger partial charge in [0.1, 0.15) is 9.99 Å². The van der Waals surface area contributed by atoms with E-state index in [2.05, 4.69) is 4.99 Å². The molecule has 1 saturated heterocycles. The highest BCUT2D eigenvalue weighted by Gasteiger charge is 2.30. The maximum Gasteiger partial charge on any atom is 0.341 e. The van der Waals surface area contributed by atoms with Gasteiger partial charge < -0.3 is 9.64 Å². The van der Waals surface area contributed by atoms with E-state index < -0.39 is 5.97 Å². The predicted octanol–water partition coefficient (Wildman–Crippen LogP) is 4.00. The van der Waals surface area contributed by atoms with Crippen LogP contribution in [-0.2, 0) is 4.74 Å². The molecule has 2 heterocycles. The molecular formula is C16H19N3O3S3. The minimum absolute atomic E-state index is 0.0771. The van der Waals surface area contributed by atoms with Crippen LogP contribution in [0.1, 0.15) is 29.1 Å². The molecule has 0 unspecified atom stereocenters. The van der Waals surface area contributed by atoms with E-state index in [1.165, 1.54) is 11.3 Å². The number of likely N-dealkylation sites (N-methyl/N-ethyl adjacent to an activating group) is 1. The molecule has 25 heavy (non-hydrogen) atoms. The minimum atomic E-state index is -0.415. The Morgan fingerprint density at radius 3 is 2.72 bits per heavy atom. The van der Waals surface area contributed by atoms with Crippen molar-refractivity contribution in [3.8, 4) is 0 Å². The lowest BCUT2D eigenvalue weighted by atomic mass is 10.3. The van der Waals surface area contributed by atoms with Crippen LogP contribution in [-0.4, -0.2) is 59.6 Å². The van der Waals surface area contributed by atoms with E-state index in [0.29, 0.717) is 33.6 Å².